The number of carbonyl (C=O) groups excluding carboxylic acids is 1. The Bertz CT molecular complexity index is 1530. The van der Waals surface area contributed by atoms with Crippen molar-refractivity contribution in [3.8, 4) is 22.8 Å². The average molecular weight is 526 g/mol. The van der Waals surface area contributed by atoms with Gasteiger partial charge in [0, 0.05) is 57.0 Å². The van der Waals surface area contributed by atoms with E-state index < -0.39 is 5.82 Å². The minimum atomic E-state index is -0.603. The number of halogens is 1. The van der Waals surface area contributed by atoms with Gasteiger partial charge in [-0.05, 0) is 18.6 Å². The van der Waals surface area contributed by atoms with Gasteiger partial charge >= 0.3 is 0 Å². The lowest BCUT2D eigenvalue weighted by Crippen LogP contribution is -2.36. The normalized spacial score (nSPS) is 15.8. The number of hydrogen-bond donors (Lipinski definition) is 0. The molecule has 10 nitrogen and oxygen atoms in total. The smallest absolute Gasteiger partial charge is 0.222 e. The second-order valence-corrected chi connectivity index (χ2v) is 8.64. The zero-order chi connectivity index (χ0) is 25.4. The van der Waals surface area contributed by atoms with Gasteiger partial charge in [0.25, 0.3) is 0 Å². The topological polar surface area (TPSA) is 99.7 Å². The van der Waals surface area contributed by atoms with Crippen LogP contribution in [0.15, 0.2) is 47.8 Å². The minimum absolute atomic E-state index is 0. The van der Waals surface area contributed by atoms with Gasteiger partial charge in [0.1, 0.15) is 22.4 Å². The summed E-state index contributed by atoms with van der Waals surface area (Å²) < 4.78 is 29.2. The van der Waals surface area contributed by atoms with Crippen LogP contribution in [-0.4, -0.2) is 62.4 Å². The summed E-state index contributed by atoms with van der Waals surface area (Å²) in [5, 5.41) is 4.23. The van der Waals surface area contributed by atoms with E-state index in [-0.39, 0.29) is 36.9 Å². The van der Waals surface area contributed by atoms with Gasteiger partial charge < -0.3 is 18.9 Å². The summed E-state index contributed by atoms with van der Waals surface area (Å²) in [6.45, 7) is 0.423. The molecule has 5 rings (SSSR count). The Balaban J connectivity index is 0.00000320. The minimum Gasteiger partial charge on any atom is -0.497 e. The molecule has 0 aliphatic carbocycles. The molecule has 37 heavy (non-hydrogen) atoms. The van der Waals surface area contributed by atoms with Crippen LogP contribution in [0.2, 0.25) is 0 Å². The lowest BCUT2D eigenvalue weighted by atomic mass is 10.2. The van der Waals surface area contributed by atoms with Crippen molar-refractivity contribution >= 4 is 36.3 Å². The van der Waals surface area contributed by atoms with Crippen molar-refractivity contribution in [1.82, 2.24) is 29.2 Å². The third-order valence-corrected chi connectivity index (χ3v) is 6.41. The van der Waals surface area contributed by atoms with Crippen molar-refractivity contribution in [2.24, 2.45) is 12.0 Å². The van der Waals surface area contributed by atoms with Gasteiger partial charge in [-0.1, -0.05) is 0 Å². The van der Waals surface area contributed by atoms with Crippen LogP contribution < -0.4 is 15.0 Å². The molecule has 1 fully saturated rings. The molecule has 3 aromatic heterocycles. The first-order valence-corrected chi connectivity index (χ1v) is 11.5. The molecule has 0 N–H and O–H groups in total. The number of rotatable bonds is 6. The van der Waals surface area contributed by atoms with Crippen LogP contribution >= 0.6 is 13.5 Å². The Morgan fingerprint density at radius 3 is 2.62 bits per heavy atom. The van der Waals surface area contributed by atoms with Gasteiger partial charge in [0.2, 0.25) is 5.91 Å². The summed E-state index contributed by atoms with van der Waals surface area (Å²) in [5.74, 6) is -0.0716. The van der Waals surface area contributed by atoms with E-state index in [4.69, 9.17) is 14.5 Å². The number of aromatic nitrogens is 5. The van der Waals surface area contributed by atoms with E-state index in [1.165, 1.54) is 26.4 Å². The van der Waals surface area contributed by atoms with Gasteiger partial charge in [0.05, 0.1) is 32.3 Å². The van der Waals surface area contributed by atoms with Gasteiger partial charge in [0.15, 0.2) is 17.2 Å². The number of amides is 1. The maximum Gasteiger partial charge on any atom is 0.222 e. The number of carbonyl (C=O) groups is 1. The maximum absolute atomic E-state index is 15.2. The second kappa shape index (κ2) is 10.6. The molecule has 12 heteroatoms. The highest BCUT2D eigenvalue weighted by Gasteiger charge is 2.28. The summed E-state index contributed by atoms with van der Waals surface area (Å²) in [7, 11) is 6.51. The highest BCUT2D eigenvalue weighted by molar-refractivity contribution is 7.59. The second-order valence-electron chi connectivity index (χ2n) is 8.64. The molecule has 0 spiro atoms. The molecule has 1 aliphatic rings. The Kier molecular flexibility index (Phi) is 7.48. The number of aryl methyl sites for hydroxylation is 1. The first-order chi connectivity index (χ1) is 17.4. The van der Waals surface area contributed by atoms with Crippen LogP contribution in [-0.2, 0) is 18.4 Å². The third-order valence-electron chi connectivity index (χ3n) is 6.41. The molecule has 0 radical (unpaired) electrons. The zero-order valence-electron chi connectivity index (χ0n) is 21.0. The molecule has 0 bridgehead atoms. The number of ether oxygens (including phenoxy) is 2. The number of fused-ring (bicyclic) bond motifs is 1. The molecule has 1 aromatic carbocycles. The number of benzene rings is 1. The Labute approximate surface area is 219 Å². The Hall–Kier alpha value is -3.93. The summed E-state index contributed by atoms with van der Waals surface area (Å²) in [6, 6.07) is 6.48. The average Bonchev–Trinajstić information content (AvgIpc) is 3.46. The number of likely N-dealkylation sites (tertiary alicyclic amines) is 1. The summed E-state index contributed by atoms with van der Waals surface area (Å²) >= 11 is 0. The Morgan fingerprint density at radius 1 is 1.16 bits per heavy atom. The van der Waals surface area contributed by atoms with Crippen LogP contribution in [0, 0.1) is 5.82 Å². The summed E-state index contributed by atoms with van der Waals surface area (Å²) in [6.07, 6.45) is 6.45. The predicted molar refractivity (Wildman–Crippen MR) is 141 cm³/mol. The van der Waals surface area contributed by atoms with Gasteiger partial charge in [-0.3, -0.25) is 14.5 Å². The molecule has 4 heterocycles. The summed E-state index contributed by atoms with van der Waals surface area (Å²) in [4.78, 5) is 28.1. The van der Waals surface area contributed by atoms with E-state index in [0.717, 1.165) is 5.56 Å². The van der Waals surface area contributed by atoms with Crippen LogP contribution in [0.5, 0.6) is 11.5 Å². The standard InChI is InChI=1S/C25H26FN7O3.H2S/c1-31-13-15(11-28-31)20-12-27-18-6-7-22(29-19-9-17(35-3)10-21(36-4)24(19)26)33(25(18)30-20)14-16-5-8-23(34)32(16)2;/h6-7,9-13,16H,5,8,14H2,1-4H3;1H2. The fraction of sp³-hybridized carbons (Fsp3) is 0.320. The molecule has 1 atom stereocenters. The molecule has 1 aliphatic heterocycles. The fourth-order valence-electron chi connectivity index (χ4n) is 4.34. The molecule has 1 unspecified atom stereocenters. The largest absolute Gasteiger partial charge is 0.497 e. The van der Waals surface area contributed by atoms with E-state index >= 15 is 4.39 Å². The van der Waals surface area contributed by atoms with Crippen molar-refractivity contribution < 1.29 is 18.7 Å². The number of hydrogen-bond acceptors (Lipinski definition) is 7. The predicted octanol–water partition coefficient (Wildman–Crippen LogP) is 2.95. The molecule has 0 saturated carbocycles. The molecular weight excluding hydrogens is 497 g/mol. The quantitative estimate of drug-likeness (QED) is 0.384. The van der Waals surface area contributed by atoms with Gasteiger partial charge in [-0.2, -0.15) is 18.6 Å². The van der Waals surface area contributed by atoms with Crippen molar-refractivity contribution in [1.29, 1.82) is 0 Å². The van der Waals surface area contributed by atoms with Crippen molar-refractivity contribution in [2.45, 2.75) is 25.4 Å². The van der Waals surface area contributed by atoms with Crippen LogP contribution in [0.1, 0.15) is 12.8 Å². The van der Waals surface area contributed by atoms with E-state index in [1.807, 2.05) is 17.8 Å². The van der Waals surface area contributed by atoms with Crippen molar-refractivity contribution in [3.63, 3.8) is 0 Å². The fourth-order valence-corrected chi connectivity index (χ4v) is 4.34. The monoisotopic (exact) mass is 525 g/mol. The Morgan fingerprint density at radius 2 is 1.97 bits per heavy atom. The number of nitrogens with zero attached hydrogens (tertiary/aromatic N) is 7. The molecule has 4 aromatic rings. The van der Waals surface area contributed by atoms with Crippen molar-refractivity contribution in [3.05, 3.63) is 54.2 Å². The molecule has 1 amide bonds. The SMILES string of the molecule is COc1cc(N=c2ccc3ncc(-c4cnn(C)c4)nc3n2CC2CCC(=O)N2C)c(F)c(OC)c1.S. The van der Waals surface area contributed by atoms with Crippen LogP contribution in [0.3, 0.4) is 0 Å². The molecular formula is C25H28FN7O3S. The van der Waals surface area contributed by atoms with E-state index in [2.05, 4.69) is 15.1 Å². The number of pyridine rings is 1. The van der Waals surface area contributed by atoms with Crippen LogP contribution in [0.25, 0.3) is 22.4 Å². The van der Waals surface area contributed by atoms with Crippen molar-refractivity contribution in [2.75, 3.05) is 21.3 Å². The lowest BCUT2D eigenvalue weighted by Gasteiger charge is -2.22. The molecule has 1 saturated heterocycles. The first-order valence-electron chi connectivity index (χ1n) is 11.5. The lowest BCUT2D eigenvalue weighted by molar-refractivity contribution is -0.127. The zero-order valence-corrected chi connectivity index (χ0v) is 22.0. The first kappa shape index (κ1) is 26.1. The van der Waals surface area contributed by atoms with Crippen LogP contribution in [0.4, 0.5) is 10.1 Å². The third kappa shape index (κ3) is 5.01. The number of methoxy groups -OCH3 is 2. The highest BCUT2D eigenvalue weighted by Crippen LogP contribution is 2.32. The maximum atomic E-state index is 15.2. The van der Waals surface area contributed by atoms with Gasteiger partial charge in [-0.25, -0.2) is 14.4 Å². The van der Waals surface area contributed by atoms with E-state index in [0.29, 0.717) is 47.5 Å². The van der Waals surface area contributed by atoms with E-state index in [1.54, 1.807) is 41.2 Å². The summed E-state index contributed by atoms with van der Waals surface area (Å²) in [5.41, 5.74) is 3.20. The number of likely N-dealkylation sites (N-methyl/N-ethyl adjacent to an activating group) is 1. The van der Waals surface area contributed by atoms with Gasteiger partial charge in [-0.15, -0.1) is 0 Å². The highest BCUT2D eigenvalue weighted by atomic mass is 32.1. The van der Waals surface area contributed by atoms with E-state index in [9.17, 15) is 4.79 Å². The molecule has 194 valence electrons.